The highest BCUT2D eigenvalue weighted by Crippen LogP contribution is 2.31. The maximum absolute atomic E-state index is 12.2. The first-order chi connectivity index (χ1) is 10.1. The molecule has 1 aliphatic heterocycles. The predicted molar refractivity (Wildman–Crippen MR) is 82.4 cm³/mol. The lowest BCUT2D eigenvalue weighted by atomic mass is 10.2. The second-order valence-electron chi connectivity index (χ2n) is 4.45. The van der Waals surface area contributed by atoms with E-state index >= 15 is 0 Å². The Kier molecular flexibility index (Phi) is 5.16. The molecule has 0 bridgehead atoms. The predicted octanol–water partition coefficient (Wildman–Crippen LogP) is 2.25. The van der Waals surface area contributed by atoms with Crippen molar-refractivity contribution in [1.82, 2.24) is 10.2 Å². The van der Waals surface area contributed by atoms with Crippen molar-refractivity contribution in [3.63, 3.8) is 0 Å². The fourth-order valence-corrected chi connectivity index (χ4v) is 2.69. The van der Waals surface area contributed by atoms with Gasteiger partial charge in [-0.1, -0.05) is 37.3 Å². The van der Waals surface area contributed by atoms with E-state index in [0.717, 1.165) is 22.2 Å². The molecule has 5 nitrogen and oxygen atoms in total. The summed E-state index contributed by atoms with van der Waals surface area (Å²) >= 11 is 0.927. The highest BCUT2D eigenvalue weighted by Gasteiger charge is 2.34. The van der Waals surface area contributed by atoms with Crippen LogP contribution in [0.25, 0.3) is 6.08 Å². The van der Waals surface area contributed by atoms with Crippen molar-refractivity contribution in [2.24, 2.45) is 0 Å². The van der Waals surface area contributed by atoms with Gasteiger partial charge < -0.3 is 5.32 Å². The first kappa shape index (κ1) is 15.3. The third kappa shape index (κ3) is 3.95. The van der Waals surface area contributed by atoms with Gasteiger partial charge in [0, 0.05) is 19.5 Å². The molecule has 6 heteroatoms. The largest absolute Gasteiger partial charge is 0.354 e. The van der Waals surface area contributed by atoms with Crippen LogP contribution in [0.1, 0.15) is 18.9 Å². The standard InChI is InChI=1S/C15H16N2O3S/c1-2-13(18)16-8-9-17-14(19)12(21-15(17)20)10-11-6-4-3-5-7-11/h3-7,10H,2,8-9H2,1H3,(H,16,18)/b12-10-. The molecule has 1 aromatic carbocycles. The molecule has 2 rings (SSSR count). The molecule has 0 spiro atoms. The topological polar surface area (TPSA) is 66.5 Å². The SMILES string of the molecule is CCC(=O)NCCN1C(=O)S/C(=C\c2ccccc2)C1=O. The van der Waals surface area contributed by atoms with Gasteiger partial charge in [-0.25, -0.2) is 0 Å². The van der Waals surface area contributed by atoms with Crippen molar-refractivity contribution in [3.8, 4) is 0 Å². The summed E-state index contributed by atoms with van der Waals surface area (Å²) in [5.74, 6) is -0.401. The molecule has 0 aliphatic carbocycles. The van der Waals surface area contributed by atoms with Crippen LogP contribution < -0.4 is 5.32 Å². The van der Waals surface area contributed by atoms with Gasteiger partial charge in [-0.3, -0.25) is 19.3 Å². The summed E-state index contributed by atoms with van der Waals surface area (Å²) in [7, 11) is 0. The number of hydrogen-bond acceptors (Lipinski definition) is 4. The Bertz CT molecular complexity index is 584. The zero-order valence-electron chi connectivity index (χ0n) is 11.7. The molecule has 1 aliphatic rings. The summed E-state index contributed by atoms with van der Waals surface area (Å²) < 4.78 is 0. The fourth-order valence-electron chi connectivity index (χ4n) is 1.83. The number of rotatable bonds is 5. The lowest BCUT2D eigenvalue weighted by molar-refractivity contribution is -0.124. The van der Waals surface area contributed by atoms with Crippen molar-refractivity contribution in [1.29, 1.82) is 0 Å². The number of carbonyl (C=O) groups excluding carboxylic acids is 3. The van der Waals surface area contributed by atoms with E-state index in [9.17, 15) is 14.4 Å². The van der Waals surface area contributed by atoms with Gasteiger partial charge in [0.05, 0.1) is 4.91 Å². The zero-order valence-corrected chi connectivity index (χ0v) is 12.5. The molecule has 0 saturated carbocycles. The molecule has 110 valence electrons. The molecule has 0 aromatic heterocycles. The molecule has 21 heavy (non-hydrogen) atoms. The maximum atomic E-state index is 12.2. The first-order valence-electron chi connectivity index (χ1n) is 6.69. The molecule has 0 unspecified atom stereocenters. The van der Waals surface area contributed by atoms with Gasteiger partial charge in [0.15, 0.2) is 0 Å². The van der Waals surface area contributed by atoms with Gasteiger partial charge in [0.2, 0.25) is 5.91 Å². The molecule has 1 N–H and O–H groups in total. The minimum absolute atomic E-state index is 0.0956. The van der Waals surface area contributed by atoms with Crippen molar-refractivity contribution >= 4 is 34.9 Å². The highest BCUT2D eigenvalue weighted by molar-refractivity contribution is 8.18. The Balaban J connectivity index is 2.00. The maximum Gasteiger partial charge on any atom is 0.293 e. The summed E-state index contributed by atoms with van der Waals surface area (Å²) in [5, 5.41) is 2.35. The van der Waals surface area contributed by atoms with E-state index in [2.05, 4.69) is 5.32 Å². The molecule has 3 amide bonds. The van der Waals surface area contributed by atoms with Crippen molar-refractivity contribution in [2.45, 2.75) is 13.3 Å². The smallest absolute Gasteiger partial charge is 0.293 e. The second-order valence-corrected chi connectivity index (χ2v) is 5.44. The number of carbonyl (C=O) groups is 3. The number of nitrogens with one attached hydrogen (secondary N) is 1. The van der Waals surface area contributed by atoms with Gasteiger partial charge in [-0.15, -0.1) is 0 Å². The highest BCUT2D eigenvalue weighted by atomic mass is 32.2. The van der Waals surface area contributed by atoms with E-state index in [-0.39, 0.29) is 30.1 Å². The lowest BCUT2D eigenvalue weighted by Gasteiger charge is -2.12. The summed E-state index contributed by atoms with van der Waals surface area (Å²) in [6.07, 6.45) is 2.09. The summed E-state index contributed by atoms with van der Waals surface area (Å²) in [6.45, 7) is 2.23. The number of amides is 3. The zero-order chi connectivity index (χ0) is 15.2. The van der Waals surface area contributed by atoms with Crippen molar-refractivity contribution in [2.75, 3.05) is 13.1 Å². The van der Waals surface area contributed by atoms with Gasteiger partial charge in [0.25, 0.3) is 11.1 Å². The van der Waals surface area contributed by atoms with Crippen LogP contribution in [-0.4, -0.2) is 35.0 Å². The van der Waals surface area contributed by atoms with Crippen LogP contribution in [0.5, 0.6) is 0 Å². The van der Waals surface area contributed by atoms with Crippen LogP contribution in [0.4, 0.5) is 4.79 Å². The number of benzene rings is 1. The van der Waals surface area contributed by atoms with E-state index in [0.29, 0.717) is 11.3 Å². The monoisotopic (exact) mass is 304 g/mol. The van der Waals surface area contributed by atoms with Crippen LogP contribution in [0.3, 0.4) is 0 Å². The number of nitrogens with zero attached hydrogens (tertiary/aromatic N) is 1. The van der Waals surface area contributed by atoms with Gasteiger partial charge in [0.1, 0.15) is 0 Å². The van der Waals surface area contributed by atoms with E-state index in [1.807, 2.05) is 30.3 Å². The van der Waals surface area contributed by atoms with Crippen molar-refractivity contribution in [3.05, 3.63) is 40.8 Å². The Morgan fingerprint density at radius 2 is 2.00 bits per heavy atom. The van der Waals surface area contributed by atoms with Gasteiger partial charge >= 0.3 is 0 Å². The first-order valence-corrected chi connectivity index (χ1v) is 7.50. The normalized spacial score (nSPS) is 16.6. The van der Waals surface area contributed by atoms with E-state index < -0.39 is 0 Å². The number of thioether (sulfide) groups is 1. The molecule has 1 saturated heterocycles. The lowest BCUT2D eigenvalue weighted by Crippen LogP contribution is -2.37. The third-order valence-corrected chi connectivity index (χ3v) is 3.86. The molecule has 0 atom stereocenters. The van der Waals surface area contributed by atoms with Gasteiger partial charge in [-0.2, -0.15) is 0 Å². The fraction of sp³-hybridized carbons (Fsp3) is 0.267. The Morgan fingerprint density at radius 1 is 1.29 bits per heavy atom. The van der Waals surface area contributed by atoms with Crippen LogP contribution in [0.2, 0.25) is 0 Å². The minimum atomic E-state index is -0.306. The number of imide groups is 1. The Labute approximate surface area is 127 Å². The molecular weight excluding hydrogens is 288 g/mol. The number of hydrogen-bond donors (Lipinski definition) is 1. The summed E-state index contributed by atoms with van der Waals surface area (Å²) in [6, 6.07) is 9.37. The van der Waals surface area contributed by atoms with Crippen LogP contribution >= 0.6 is 11.8 Å². The molecular formula is C15H16N2O3S. The quantitative estimate of drug-likeness (QED) is 0.847. The van der Waals surface area contributed by atoms with Crippen LogP contribution in [-0.2, 0) is 9.59 Å². The molecule has 1 heterocycles. The summed E-state index contributed by atoms with van der Waals surface area (Å²) in [4.78, 5) is 36.7. The Morgan fingerprint density at radius 3 is 2.67 bits per heavy atom. The van der Waals surface area contributed by atoms with Crippen LogP contribution in [0, 0.1) is 0 Å². The minimum Gasteiger partial charge on any atom is -0.354 e. The summed E-state index contributed by atoms with van der Waals surface area (Å²) in [5.41, 5.74) is 0.877. The Hall–Kier alpha value is -2.08. The molecule has 0 radical (unpaired) electrons. The van der Waals surface area contributed by atoms with Gasteiger partial charge in [-0.05, 0) is 23.4 Å². The average molecular weight is 304 g/mol. The van der Waals surface area contributed by atoms with E-state index in [1.165, 1.54) is 0 Å². The van der Waals surface area contributed by atoms with E-state index in [1.54, 1.807) is 13.0 Å². The average Bonchev–Trinajstić information content (AvgIpc) is 2.75. The van der Waals surface area contributed by atoms with Crippen molar-refractivity contribution < 1.29 is 14.4 Å². The molecule has 1 fully saturated rings. The third-order valence-electron chi connectivity index (χ3n) is 2.95. The molecule has 1 aromatic rings. The van der Waals surface area contributed by atoms with E-state index in [4.69, 9.17) is 0 Å². The second kappa shape index (κ2) is 7.08. The van der Waals surface area contributed by atoms with Crippen LogP contribution in [0.15, 0.2) is 35.2 Å².